The Labute approximate surface area is 196 Å². The number of methoxy groups -OCH3 is 1. The lowest BCUT2D eigenvalue weighted by Crippen LogP contribution is -2.33. The molecule has 0 spiro atoms. The number of hydrogen-bond donors (Lipinski definition) is 0. The molecule has 3 aromatic carbocycles. The number of ether oxygens (including phenoxy) is 1. The largest absolute Gasteiger partial charge is 0.496 e. The fourth-order valence-corrected chi connectivity index (χ4v) is 4.55. The van der Waals surface area contributed by atoms with E-state index in [9.17, 15) is 9.18 Å². The van der Waals surface area contributed by atoms with Crippen LogP contribution in [0.3, 0.4) is 0 Å². The number of anilines is 1. The lowest BCUT2D eigenvalue weighted by molar-refractivity contribution is 0.0983. The molecule has 0 N–H and O–H groups in total. The molecule has 0 bridgehead atoms. The van der Waals surface area contributed by atoms with Gasteiger partial charge in [0.1, 0.15) is 17.1 Å². The van der Waals surface area contributed by atoms with Crippen molar-refractivity contribution in [3.8, 4) is 5.75 Å². The highest BCUT2D eigenvalue weighted by atomic mass is 35.5. The Morgan fingerprint density at radius 1 is 1.06 bits per heavy atom. The van der Waals surface area contributed by atoms with E-state index in [4.69, 9.17) is 4.74 Å². The van der Waals surface area contributed by atoms with Gasteiger partial charge in [-0.05, 0) is 62.1 Å². The SMILES string of the molecule is COc1cc2ccccc2cc1C(=O)N(CCCN(C)C)c1nc2c(F)cccc2s1.Cl. The van der Waals surface area contributed by atoms with Crippen LogP contribution in [0.2, 0.25) is 0 Å². The van der Waals surface area contributed by atoms with Crippen molar-refractivity contribution in [3.63, 3.8) is 0 Å². The van der Waals surface area contributed by atoms with E-state index in [1.165, 1.54) is 17.4 Å². The molecular weight excluding hydrogens is 449 g/mol. The van der Waals surface area contributed by atoms with Crippen LogP contribution >= 0.6 is 23.7 Å². The van der Waals surface area contributed by atoms with Crippen molar-refractivity contribution < 1.29 is 13.9 Å². The van der Waals surface area contributed by atoms with Crippen molar-refractivity contribution in [2.24, 2.45) is 0 Å². The summed E-state index contributed by atoms with van der Waals surface area (Å²) >= 11 is 1.32. The molecule has 168 valence electrons. The molecule has 1 heterocycles. The molecule has 0 radical (unpaired) electrons. The smallest absolute Gasteiger partial charge is 0.263 e. The average Bonchev–Trinajstić information content (AvgIpc) is 3.20. The molecule has 1 aromatic heterocycles. The molecule has 0 aliphatic heterocycles. The fourth-order valence-electron chi connectivity index (χ4n) is 3.55. The van der Waals surface area contributed by atoms with E-state index in [0.29, 0.717) is 33.2 Å². The zero-order valence-electron chi connectivity index (χ0n) is 18.2. The number of carbonyl (C=O) groups excluding carboxylic acids is 1. The Bertz CT molecular complexity index is 1240. The average molecular weight is 474 g/mol. The van der Waals surface area contributed by atoms with Gasteiger partial charge in [0.25, 0.3) is 5.91 Å². The molecule has 1 amide bonds. The van der Waals surface area contributed by atoms with Gasteiger partial charge in [0, 0.05) is 6.54 Å². The Kier molecular flexibility index (Phi) is 7.66. The first-order valence-corrected chi connectivity index (χ1v) is 10.9. The topological polar surface area (TPSA) is 45.7 Å². The zero-order chi connectivity index (χ0) is 22.0. The molecular formula is C24H25ClFN3O2S. The Hall–Kier alpha value is -2.74. The van der Waals surface area contributed by atoms with Gasteiger partial charge in [0.15, 0.2) is 5.13 Å². The molecule has 0 aliphatic carbocycles. The first-order valence-electron chi connectivity index (χ1n) is 10.1. The molecule has 0 saturated heterocycles. The number of fused-ring (bicyclic) bond motifs is 2. The summed E-state index contributed by atoms with van der Waals surface area (Å²) in [6.45, 7) is 1.28. The number of halogens is 2. The molecule has 4 aromatic rings. The van der Waals surface area contributed by atoms with Crippen LogP contribution in [0.5, 0.6) is 5.75 Å². The van der Waals surface area contributed by atoms with Crippen LogP contribution in [0.1, 0.15) is 16.8 Å². The van der Waals surface area contributed by atoms with Crippen molar-refractivity contribution in [2.75, 3.05) is 39.2 Å². The van der Waals surface area contributed by atoms with Crippen LogP contribution in [0.4, 0.5) is 9.52 Å². The van der Waals surface area contributed by atoms with E-state index in [1.54, 1.807) is 18.1 Å². The van der Waals surface area contributed by atoms with Gasteiger partial charge in [-0.25, -0.2) is 9.37 Å². The van der Waals surface area contributed by atoms with Crippen molar-refractivity contribution in [2.45, 2.75) is 6.42 Å². The maximum atomic E-state index is 14.3. The van der Waals surface area contributed by atoms with Crippen LogP contribution in [0.25, 0.3) is 21.0 Å². The zero-order valence-corrected chi connectivity index (χ0v) is 19.8. The van der Waals surface area contributed by atoms with E-state index < -0.39 is 0 Å². The van der Waals surface area contributed by atoms with Crippen molar-refractivity contribution in [1.82, 2.24) is 9.88 Å². The van der Waals surface area contributed by atoms with Crippen LogP contribution in [0.15, 0.2) is 54.6 Å². The van der Waals surface area contributed by atoms with Gasteiger partial charge in [-0.3, -0.25) is 9.69 Å². The van der Waals surface area contributed by atoms with Gasteiger partial charge in [-0.1, -0.05) is 41.7 Å². The molecule has 0 unspecified atom stereocenters. The second-order valence-corrected chi connectivity index (χ2v) is 8.61. The van der Waals surface area contributed by atoms with Crippen LogP contribution in [-0.4, -0.2) is 50.1 Å². The summed E-state index contributed by atoms with van der Waals surface area (Å²) in [7, 11) is 5.54. The Morgan fingerprint density at radius 2 is 1.78 bits per heavy atom. The van der Waals surface area contributed by atoms with Crippen LogP contribution < -0.4 is 9.64 Å². The first kappa shape index (κ1) is 23.9. The van der Waals surface area contributed by atoms with E-state index in [2.05, 4.69) is 9.88 Å². The summed E-state index contributed by atoms with van der Waals surface area (Å²) in [5.41, 5.74) is 0.754. The number of carbonyl (C=O) groups is 1. The third kappa shape index (κ3) is 4.85. The minimum atomic E-state index is -0.385. The van der Waals surface area contributed by atoms with Crippen LogP contribution in [-0.2, 0) is 0 Å². The lowest BCUT2D eigenvalue weighted by atomic mass is 10.0. The summed E-state index contributed by atoms with van der Waals surface area (Å²) in [5, 5.41) is 2.44. The van der Waals surface area contributed by atoms with E-state index in [-0.39, 0.29) is 24.1 Å². The maximum absolute atomic E-state index is 14.3. The van der Waals surface area contributed by atoms with Gasteiger partial charge in [0.05, 0.1) is 17.4 Å². The summed E-state index contributed by atoms with van der Waals surface area (Å²) in [4.78, 5) is 21.9. The summed E-state index contributed by atoms with van der Waals surface area (Å²) in [6, 6.07) is 16.4. The standard InChI is InChI=1S/C24H24FN3O2S.ClH/c1-27(2)12-7-13-28(24-26-22-19(25)10-6-11-21(22)31-24)23(29)18-14-16-8-4-5-9-17(16)15-20(18)30-3;/h4-6,8-11,14-15H,7,12-13H2,1-3H3;1H. The molecule has 0 aliphatic rings. The molecule has 0 atom stereocenters. The summed E-state index contributed by atoms with van der Waals surface area (Å²) in [5.74, 6) is -0.0848. The number of aromatic nitrogens is 1. The second-order valence-electron chi connectivity index (χ2n) is 7.60. The highest BCUT2D eigenvalue weighted by Gasteiger charge is 2.25. The fraction of sp³-hybridized carbons (Fsp3) is 0.250. The number of benzene rings is 3. The van der Waals surface area contributed by atoms with E-state index in [1.807, 2.05) is 56.6 Å². The van der Waals surface area contributed by atoms with Gasteiger partial charge < -0.3 is 9.64 Å². The van der Waals surface area contributed by atoms with Crippen LogP contribution in [0, 0.1) is 5.82 Å². The minimum Gasteiger partial charge on any atom is -0.496 e. The second kappa shape index (κ2) is 10.3. The first-order chi connectivity index (χ1) is 15.0. The predicted molar refractivity (Wildman–Crippen MR) is 132 cm³/mol. The number of nitrogens with zero attached hydrogens (tertiary/aromatic N) is 3. The third-order valence-electron chi connectivity index (χ3n) is 5.12. The number of rotatable bonds is 7. The minimum absolute atomic E-state index is 0. The summed E-state index contributed by atoms with van der Waals surface area (Å²) in [6.07, 6.45) is 0.757. The quantitative estimate of drug-likeness (QED) is 0.349. The Morgan fingerprint density at radius 3 is 2.44 bits per heavy atom. The van der Waals surface area contributed by atoms with Crippen molar-refractivity contribution >= 4 is 55.8 Å². The molecule has 0 fully saturated rings. The summed E-state index contributed by atoms with van der Waals surface area (Å²) < 4.78 is 20.5. The monoisotopic (exact) mass is 473 g/mol. The van der Waals surface area contributed by atoms with Gasteiger partial charge in [-0.2, -0.15) is 0 Å². The van der Waals surface area contributed by atoms with Gasteiger partial charge in [0.2, 0.25) is 0 Å². The highest BCUT2D eigenvalue weighted by Crippen LogP contribution is 2.33. The Balaban J connectivity index is 0.00000289. The predicted octanol–water partition coefficient (Wildman–Crippen LogP) is 5.62. The lowest BCUT2D eigenvalue weighted by Gasteiger charge is -2.22. The molecule has 8 heteroatoms. The molecule has 5 nitrogen and oxygen atoms in total. The number of hydrogen-bond acceptors (Lipinski definition) is 5. The van der Waals surface area contributed by atoms with Crippen molar-refractivity contribution in [3.05, 3.63) is 66.0 Å². The number of amides is 1. The third-order valence-corrected chi connectivity index (χ3v) is 6.16. The normalized spacial score (nSPS) is 11.0. The van der Waals surface area contributed by atoms with E-state index in [0.717, 1.165) is 23.7 Å². The van der Waals surface area contributed by atoms with E-state index >= 15 is 0 Å². The molecule has 0 saturated carbocycles. The number of thiazole rings is 1. The highest BCUT2D eigenvalue weighted by molar-refractivity contribution is 7.22. The van der Waals surface area contributed by atoms with Gasteiger partial charge >= 0.3 is 0 Å². The molecule has 32 heavy (non-hydrogen) atoms. The molecule has 4 rings (SSSR count). The van der Waals surface area contributed by atoms with Gasteiger partial charge in [-0.15, -0.1) is 12.4 Å². The number of para-hydroxylation sites is 1. The maximum Gasteiger partial charge on any atom is 0.263 e. The van der Waals surface area contributed by atoms with Crippen molar-refractivity contribution in [1.29, 1.82) is 0 Å².